The van der Waals surface area contributed by atoms with E-state index in [1.54, 1.807) is 18.2 Å². The van der Waals surface area contributed by atoms with Gasteiger partial charge in [0.2, 0.25) is 5.91 Å². The Morgan fingerprint density at radius 2 is 1.48 bits per heavy atom. The molecular formula is C28H35NO2. The number of hydrogen-bond acceptors (Lipinski definition) is 2. The Hall–Kier alpha value is -2.81. The van der Waals surface area contributed by atoms with E-state index in [4.69, 9.17) is 0 Å². The summed E-state index contributed by atoms with van der Waals surface area (Å²) in [5.41, 5.74) is 6.20. The molecule has 0 bridgehead atoms. The maximum atomic E-state index is 12.4. The van der Waals surface area contributed by atoms with Crippen molar-refractivity contribution in [2.24, 2.45) is 0 Å². The van der Waals surface area contributed by atoms with Crippen molar-refractivity contribution in [1.82, 2.24) is 4.90 Å². The molecule has 0 aromatic heterocycles. The fourth-order valence-electron chi connectivity index (χ4n) is 4.34. The first-order valence-corrected chi connectivity index (χ1v) is 11.7. The maximum absolute atomic E-state index is 12.4. The van der Waals surface area contributed by atoms with E-state index in [1.807, 2.05) is 30.0 Å². The molecule has 0 saturated heterocycles. The second-order valence-electron chi connectivity index (χ2n) is 8.31. The molecule has 0 atom stereocenters. The van der Waals surface area contributed by atoms with Crippen LogP contribution in [0.25, 0.3) is 11.6 Å². The van der Waals surface area contributed by atoms with Crippen LogP contribution in [0.4, 0.5) is 0 Å². The summed E-state index contributed by atoms with van der Waals surface area (Å²) in [5.74, 6) is 0.363. The molecule has 2 aromatic rings. The van der Waals surface area contributed by atoms with Gasteiger partial charge < -0.3 is 10.0 Å². The number of carbonyl (C=O) groups is 1. The van der Waals surface area contributed by atoms with Gasteiger partial charge in [-0.1, -0.05) is 61.7 Å². The number of aromatic hydroxyl groups is 1. The van der Waals surface area contributed by atoms with Crippen molar-refractivity contribution in [3.63, 3.8) is 0 Å². The standard InChI is InChI=1S/C28H35NO2/c1-3-21-29(4-2)27(31)20-13-22-11-14-24(15-12-22)28(23-9-7-5-6-8-10-23)25-16-18-26(30)19-17-25/h11-20,30H,3-10,21H2,1-2H3/b20-13+. The summed E-state index contributed by atoms with van der Waals surface area (Å²) < 4.78 is 0. The molecule has 164 valence electrons. The Labute approximate surface area is 187 Å². The molecule has 0 radical (unpaired) electrons. The second-order valence-corrected chi connectivity index (χ2v) is 8.31. The zero-order chi connectivity index (χ0) is 22.1. The Kier molecular flexibility index (Phi) is 8.52. The minimum absolute atomic E-state index is 0.0683. The van der Waals surface area contributed by atoms with Gasteiger partial charge in [0, 0.05) is 19.2 Å². The smallest absolute Gasteiger partial charge is 0.246 e. The molecule has 3 nitrogen and oxygen atoms in total. The summed E-state index contributed by atoms with van der Waals surface area (Å²) in [5, 5.41) is 9.74. The molecule has 1 aliphatic carbocycles. The number of hydrogen-bond donors (Lipinski definition) is 1. The molecule has 2 aromatic carbocycles. The van der Waals surface area contributed by atoms with E-state index in [-0.39, 0.29) is 5.91 Å². The number of phenolic OH excluding ortho intramolecular Hbond substituents is 1. The van der Waals surface area contributed by atoms with Crippen LogP contribution in [0, 0.1) is 0 Å². The molecule has 1 N–H and O–H groups in total. The predicted molar refractivity (Wildman–Crippen MR) is 130 cm³/mol. The topological polar surface area (TPSA) is 40.5 Å². The number of allylic oxidation sites excluding steroid dienone is 1. The largest absolute Gasteiger partial charge is 0.508 e. The zero-order valence-electron chi connectivity index (χ0n) is 18.9. The molecule has 1 fully saturated rings. The van der Waals surface area contributed by atoms with Crippen LogP contribution in [-0.2, 0) is 4.79 Å². The van der Waals surface area contributed by atoms with Gasteiger partial charge >= 0.3 is 0 Å². The van der Waals surface area contributed by atoms with Gasteiger partial charge in [0.25, 0.3) is 0 Å². The highest BCUT2D eigenvalue weighted by Crippen LogP contribution is 2.35. The summed E-state index contributed by atoms with van der Waals surface area (Å²) >= 11 is 0. The van der Waals surface area contributed by atoms with Gasteiger partial charge in [0.15, 0.2) is 0 Å². The number of rotatable bonds is 7. The number of phenols is 1. The quantitative estimate of drug-likeness (QED) is 0.397. The third-order valence-corrected chi connectivity index (χ3v) is 6.02. The molecule has 0 aliphatic heterocycles. The minimum atomic E-state index is 0.0683. The number of likely N-dealkylation sites (N-methyl/N-ethyl adjacent to an activating group) is 1. The first-order valence-electron chi connectivity index (χ1n) is 11.7. The summed E-state index contributed by atoms with van der Waals surface area (Å²) in [7, 11) is 0. The normalized spacial score (nSPS) is 14.5. The Morgan fingerprint density at radius 3 is 2.03 bits per heavy atom. The van der Waals surface area contributed by atoms with Crippen molar-refractivity contribution in [3.05, 3.63) is 76.9 Å². The highest BCUT2D eigenvalue weighted by Gasteiger charge is 2.14. The van der Waals surface area contributed by atoms with E-state index in [1.165, 1.54) is 42.4 Å². The molecular weight excluding hydrogens is 382 g/mol. The molecule has 31 heavy (non-hydrogen) atoms. The first-order chi connectivity index (χ1) is 15.1. The molecule has 1 saturated carbocycles. The predicted octanol–water partition coefficient (Wildman–Crippen LogP) is 6.82. The van der Waals surface area contributed by atoms with Gasteiger partial charge in [0.05, 0.1) is 0 Å². The average Bonchev–Trinajstić information content (AvgIpc) is 3.07. The van der Waals surface area contributed by atoms with E-state index in [9.17, 15) is 9.90 Å². The SMILES string of the molecule is CCCN(CC)C(=O)/C=C/c1ccc(C(=C2CCCCCC2)c2ccc(O)cc2)cc1. The number of carbonyl (C=O) groups excluding carboxylic acids is 1. The molecule has 1 amide bonds. The lowest BCUT2D eigenvalue weighted by atomic mass is 9.89. The summed E-state index contributed by atoms with van der Waals surface area (Å²) in [4.78, 5) is 14.2. The first kappa shape index (κ1) is 22.9. The average molecular weight is 418 g/mol. The molecule has 0 heterocycles. The van der Waals surface area contributed by atoms with Gasteiger partial charge in [-0.05, 0) is 79.5 Å². The molecule has 3 rings (SSSR count). The van der Waals surface area contributed by atoms with E-state index in [0.29, 0.717) is 5.75 Å². The summed E-state index contributed by atoms with van der Waals surface area (Å²) in [6, 6.07) is 16.1. The fourth-order valence-corrected chi connectivity index (χ4v) is 4.34. The van der Waals surface area contributed by atoms with Crippen LogP contribution in [0.5, 0.6) is 5.75 Å². The highest BCUT2D eigenvalue weighted by molar-refractivity contribution is 5.92. The maximum Gasteiger partial charge on any atom is 0.246 e. The van der Waals surface area contributed by atoms with Crippen LogP contribution in [0.1, 0.15) is 75.5 Å². The molecule has 0 spiro atoms. The molecule has 1 aliphatic rings. The third-order valence-electron chi connectivity index (χ3n) is 6.02. The molecule has 3 heteroatoms. The lowest BCUT2D eigenvalue weighted by Crippen LogP contribution is -2.29. The van der Waals surface area contributed by atoms with Crippen LogP contribution < -0.4 is 0 Å². The molecule has 0 unspecified atom stereocenters. The number of benzene rings is 2. The van der Waals surface area contributed by atoms with Gasteiger partial charge in [-0.3, -0.25) is 4.79 Å². The zero-order valence-corrected chi connectivity index (χ0v) is 18.9. The van der Waals surface area contributed by atoms with Crippen LogP contribution >= 0.6 is 0 Å². The Morgan fingerprint density at radius 1 is 0.903 bits per heavy atom. The highest BCUT2D eigenvalue weighted by atomic mass is 16.3. The van der Waals surface area contributed by atoms with Crippen molar-refractivity contribution >= 4 is 17.6 Å². The van der Waals surface area contributed by atoms with Crippen molar-refractivity contribution in [2.75, 3.05) is 13.1 Å². The minimum Gasteiger partial charge on any atom is -0.508 e. The Balaban J connectivity index is 1.87. The number of nitrogens with zero attached hydrogens (tertiary/aromatic N) is 1. The van der Waals surface area contributed by atoms with Crippen molar-refractivity contribution in [2.45, 2.75) is 58.8 Å². The number of amides is 1. The van der Waals surface area contributed by atoms with Gasteiger partial charge in [0.1, 0.15) is 5.75 Å². The third kappa shape index (κ3) is 6.33. The van der Waals surface area contributed by atoms with E-state index in [2.05, 4.69) is 31.2 Å². The van der Waals surface area contributed by atoms with Crippen LogP contribution in [-0.4, -0.2) is 29.0 Å². The van der Waals surface area contributed by atoms with Crippen molar-refractivity contribution < 1.29 is 9.90 Å². The lowest BCUT2D eigenvalue weighted by Gasteiger charge is -2.17. The monoisotopic (exact) mass is 417 g/mol. The van der Waals surface area contributed by atoms with Crippen LogP contribution in [0.3, 0.4) is 0 Å². The van der Waals surface area contributed by atoms with E-state index >= 15 is 0 Å². The van der Waals surface area contributed by atoms with E-state index in [0.717, 1.165) is 43.5 Å². The second kappa shape index (κ2) is 11.5. The summed E-state index contributed by atoms with van der Waals surface area (Å²) in [6.45, 7) is 5.64. The van der Waals surface area contributed by atoms with Gasteiger partial charge in [-0.2, -0.15) is 0 Å². The Bertz CT molecular complexity index is 897. The van der Waals surface area contributed by atoms with Crippen molar-refractivity contribution in [1.29, 1.82) is 0 Å². The van der Waals surface area contributed by atoms with Crippen molar-refractivity contribution in [3.8, 4) is 5.75 Å². The van der Waals surface area contributed by atoms with Gasteiger partial charge in [-0.25, -0.2) is 0 Å². The van der Waals surface area contributed by atoms with Crippen LogP contribution in [0.2, 0.25) is 0 Å². The van der Waals surface area contributed by atoms with Crippen LogP contribution in [0.15, 0.2) is 60.2 Å². The fraction of sp³-hybridized carbons (Fsp3) is 0.393. The lowest BCUT2D eigenvalue weighted by molar-refractivity contribution is -0.125. The van der Waals surface area contributed by atoms with Gasteiger partial charge in [-0.15, -0.1) is 0 Å². The summed E-state index contributed by atoms with van der Waals surface area (Å²) in [6.07, 6.45) is 11.9. The van der Waals surface area contributed by atoms with E-state index < -0.39 is 0 Å².